The Labute approximate surface area is 117 Å². The number of rotatable bonds is 3. The molecule has 2 aromatic carbocycles. The van der Waals surface area contributed by atoms with Crippen LogP contribution in [0.2, 0.25) is 0 Å². The summed E-state index contributed by atoms with van der Waals surface area (Å²) in [4.78, 5) is 11.2. The van der Waals surface area contributed by atoms with Crippen molar-refractivity contribution in [2.45, 2.75) is 6.10 Å². The standard InChI is InChI=1S/C9H9O3.C5H5.Fe/c10-9(7-3-1-2-4-7)12-6-8-5-11-8;1-2-4-5-3-1;/h1-4,8H,5-6H2;1-5H;/q-1;-5;. The molecule has 4 heteroatoms. The topological polar surface area (TPSA) is 38.8 Å². The second kappa shape index (κ2) is 7.88. The molecule has 1 aliphatic heterocycles. The summed E-state index contributed by atoms with van der Waals surface area (Å²) < 4.78 is 9.85. The normalized spacial score (nSPS) is 15.9. The maximum atomic E-state index is 11.2. The van der Waals surface area contributed by atoms with Crippen molar-refractivity contribution in [3.05, 3.63) is 60.2 Å². The van der Waals surface area contributed by atoms with Gasteiger partial charge >= 0.3 is 0 Å². The molecular formula is C14H14FeO3-6. The van der Waals surface area contributed by atoms with Gasteiger partial charge in [0.15, 0.2) is 0 Å². The van der Waals surface area contributed by atoms with E-state index in [0.717, 1.165) is 0 Å². The SMILES string of the molecule is O=C(OCC1CO1)[c-]1cccc1.[Fe].[cH-]1[cH-][cH-][cH-][cH-]1. The summed E-state index contributed by atoms with van der Waals surface area (Å²) in [5, 5.41) is 0. The Hall–Kier alpha value is -1.35. The van der Waals surface area contributed by atoms with E-state index < -0.39 is 0 Å². The van der Waals surface area contributed by atoms with Crippen molar-refractivity contribution in [1.82, 2.24) is 0 Å². The Morgan fingerprint density at radius 2 is 1.72 bits per heavy atom. The van der Waals surface area contributed by atoms with E-state index in [0.29, 0.717) is 18.8 Å². The molecule has 18 heavy (non-hydrogen) atoms. The van der Waals surface area contributed by atoms with E-state index in [9.17, 15) is 4.79 Å². The molecule has 1 fully saturated rings. The van der Waals surface area contributed by atoms with Crippen LogP contribution < -0.4 is 0 Å². The molecular weight excluding hydrogens is 272 g/mol. The van der Waals surface area contributed by atoms with Crippen molar-refractivity contribution in [3.8, 4) is 0 Å². The first-order valence-corrected chi connectivity index (χ1v) is 5.53. The van der Waals surface area contributed by atoms with Crippen LogP contribution in [0.4, 0.5) is 0 Å². The molecule has 0 N–H and O–H groups in total. The average molecular weight is 286 g/mol. The van der Waals surface area contributed by atoms with Crippen molar-refractivity contribution < 1.29 is 31.3 Å². The van der Waals surface area contributed by atoms with Gasteiger partial charge in [-0.25, -0.2) is 12.1 Å². The Morgan fingerprint density at radius 1 is 1.22 bits per heavy atom. The molecule has 3 nitrogen and oxygen atoms in total. The molecule has 0 radical (unpaired) electrons. The molecule has 1 heterocycles. The molecule has 1 unspecified atom stereocenters. The van der Waals surface area contributed by atoms with E-state index in [1.807, 2.05) is 42.5 Å². The number of esters is 1. The van der Waals surface area contributed by atoms with E-state index in [1.54, 1.807) is 12.1 Å². The monoisotopic (exact) mass is 286 g/mol. The first-order chi connectivity index (χ1) is 8.36. The van der Waals surface area contributed by atoms with Gasteiger partial charge in [0.05, 0.1) is 6.61 Å². The third-order valence-corrected chi connectivity index (χ3v) is 2.26. The van der Waals surface area contributed by atoms with Crippen LogP contribution in [-0.2, 0) is 26.5 Å². The van der Waals surface area contributed by atoms with Gasteiger partial charge in [-0.15, -0.1) is 0 Å². The van der Waals surface area contributed by atoms with Gasteiger partial charge in [0, 0.05) is 17.1 Å². The fourth-order valence-electron chi connectivity index (χ4n) is 1.25. The van der Waals surface area contributed by atoms with E-state index in [-0.39, 0.29) is 29.1 Å². The molecule has 3 rings (SSSR count). The van der Waals surface area contributed by atoms with Crippen LogP contribution in [0.1, 0.15) is 10.4 Å². The van der Waals surface area contributed by atoms with Crippen molar-refractivity contribution in [3.63, 3.8) is 0 Å². The fraction of sp³-hybridized carbons (Fsp3) is 0.214. The average Bonchev–Trinajstić information content (AvgIpc) is 2.88. The molecule has 0 aliphatic carbocycles. The molecule has 0 amide bonds. The van der Waals surface area contributed by atoms with Gasteiger partial charge in [0.25, 0.3) is 5.97 Å². The minimum atomic E-state index is -0.268. The van der Waals surface area contributed by atoms with Gasteiger partial charge in [-0.2, -0.15) is 12.1 Å². The van der Waals surface area contributed by atoms with Crippen LogP contribution in [0.5, 0.6) is 0 Å². The maximum Gasteiger partial charge on any atom is 0.281 e. The summed E-state index contributed by atoms with van der Waals surface area (Å²) in [5.41, 5.74) is 0.607. The van der Waals surface area contributed by atoms with Crippen LogP contribution in [0.15, 0.2) is 54.6 Å². The van der Waals surface area contributed by atoms with Gasteiger partial charge in [-0.05, 0) is 0 Å². The van der Waals surface area contributed by atoms with Crippen LogP contribution in [-0.4, -0.2) is 25.3 Å². The predicted octanol–water partition coefficient (Wildman–Crippen LogP) is 2.36. The van der Waals surface area contributed by atoms with Crippen LogP contribution >= 0.6 is 0 Å². The Kier molecular flexibility index (Phi) is 6.44. The molecule has 0 spiro atoms. The molecule has 0 saturated carbocycles. The van der Waals surface area contributed by atoms with Gasteiger partial charge in [0.1, 0.15) is 12.7 Å². The van der Waals surface area contributed by atoms with E-state index in [2.05, 4.69) is 0 Å². The maximum absolute atomic E-state index is 11.2. The number of carbonyl (C=O) groups is 1. The molecule has 1 atom stereocenters. The van der Waals surface area contributed by atoms with Gasteiger partial charge in [-0.3, -0.25) is 4.79 Å². The van der Waals surface area contributed by atoms with Crippen molar-refractivity contribution >= 4 is 5.97 Å². The van der Waals surface area contributed by atoms with E-state index in [1.165, 1.54) is 0 Å². The first kappa shape index (κ1) is 14.7. The summed E-state index contributed by atoms with van der Waals surface area (Å²) in [6.07, 6.45) is 0.143. The molecule has 2 aromatic rings. The second-order valence-electron chi connectivity index (χ2n) is 3.69. The van der Waals surface area contributed by atoms with Gasteiger partial charge < -0.3 is 39.8 Å². The summed E-state index contributed by atoms with van der Waals surface area (Å²) >= 11 is 0. The Bertz CT molecular complexity index is 399. The molecule has 0 aromatic heterocycles. The zero-order valence-electron chi connectivity index (χ0n) is 9.77. The number of hydrogen-bond donors (Lipinski definition) is 0. The van der Waals surface area contributed by atoms with Crippen molar-refractivity contribution in [2.75, 3.05) is 13.2 Å². The molecule has 0 bridgehead atoms. The first-order valence-electron chi connectivity index (χ1n) is 5.53. The second-order valence-corrected chi connectivity index (χ2v) is 3.69. The minimum absolute atomic E-state index is 0. The smallest absolute Gasteiger partial charge is 0.281 e. The summed E-state index contributed by atoms with van der Waals surface area (Å²) in [6.45, 7) is 1.10. The summed E-state index contributed by atoms with van der Waals surface area (Å²) in [5.74, 6) is -0.268. The molecule has 102 valence electrons. The quantitative estimate of drug-likeness (QED) is 0.376. The third-order valence-electron chi connectivity index (χ3n) is 2.26. The van der Waals surface area contributed by atoms with Gasteiger partial charge in [-0.1, -0.05) is 5.56 Å². The number of hydrogen-bond acceptors (Lipinski definition) is 3. The van der Waals surface area contributed by atoms with E-state index >= 15 is 0 Å². The molecule has 1 saturated heterocycles. The zero-order valence-corrected chi connectivity index (χ0v) is 10.9. The minimum Gasteiger partial charge on any atom is -0.748 e. The summed E-state index contributed by atoms with van der Waals surface area (Å²) in [7, 11) is 0. The Balaban J connectivity index is 0.000000230. The third kappa shape index (κ3) is 5.32. The number of ether oxygens (including phenoxy) is 2. The zero-order chi connectivity index (χ0) is 11.9. The fourth-order valence-corrected chi connectivity index (χ4v) is 1.25. The Morgan fingerprint density at radius 3 is 2.17 bits per heavy atom. The van der Waals surface area contributed by atoms with Crippen molar-refractivity contribution in [1.29, 1.82) is 0 Å². The van der Waals surface area contributed by atoms with Gasteiger partial charge in [0.2, 0.25) is 0 Å². The van der Waals surface area contributed by atoms with E-state index in [4.69, 9.17) is 9.47 Å². The van der Waals surface area contributed by atoms with Crippen LogP contribution in [0.25, 0.3) is 0 Å². The predicted molar refractivity (Wildman–Crippen MR) is 64.1 cm³/mol. The summed E-state index contributed by atoms with van der Waals surface area (Å²) in [6, 6.07) is 17.1. The van der Waals surface area contributed by atoms with Crippen molar-refractivity contribution in [2.24, 2.45) is 0 Å². The number of carbonyl (C=O) groups excluding carboxylic acids is 1. The number of epoxide rings is 1. The van der Waals surface area contributed by atoms with Crippen LogP contribution in [0, 0.1) is 0 Å². The molecule has 1 aliphatic rings. The van der Waals surface area contributed by atoms with Crippen LogP contribution in [0.3, 0.4) is 0 Å². The largest absolute Gasteiger partial charge is 0.748 e.